The van der Waals surface area contributed by atoms with Crippen LogP contribution in [0, 0.1) is 0 Å². The molecule has 2 aromatic rings. The standard InChI is InChI=1S/C18H18N4O4S/c19-27(25,26)15-8-6-13(7-9-15)12-20-18(24)16-10-11-17(23)22(21-16)14-4-2-1-3-5-14/h1-9H,10-12H2,(H,20,24)(H2,19,25,26). The van der Waals surface area contributed by atoms with Crippen molar-refractivity contribution in [3.05, 3.63) is 60.2 Å². The quantitative estimate of drug-likeness (QED) is 0.800. The molecule has 0 aliphatic carbocycles. The molecule has 0 saturated heterocycles. The Morgan fingerprint density at radius 3 is 2.37 bits per heavy atom. The van der Waals surface area contributed by atoms with Crippen LogP contribution >= 0.6 is 0 Å². The summed E-state index contributed by atoms with van der Waals surface area (Å²) in [5.41, 5.74) is 1.58. The molecule has 140 valence electrons. The second-order valence-electron chi connectivity index (χ2n) is 5.96. The van der Waals surface area contributed by atoms with E-state index in [0.717, 1.165) is 0 Å². The summed E-state index contributed by atoms with van der Waals surface area (Å²) in [6, 6.07) is 14.8. The lowest BCUT2D eigenvalue weighted by Gasteiger charge is -2.23. The van der Waals surface area contributed by atoms with Gasteiger partial charge < -0.3 is 5.32 Å². The van der Waals surface area contributed by atoms with Gasteiger partial charge in [-0.3, -0.25) is 9.59 Å². The zero-order chi connectivity index (χ0) is 19.4. The maximum atomic E-state index is 12.4. The van der Waals surface area contributed by atoms with Gasteiger partial charge in [0.25, 0.3) is 5.91 Å². The molecule has 9 heteroatoms. The van der Waals surface area contributed by atoms with E-state index in [0.29, 0.717) is 11.3 Å². The van der Waals surface area contributed by atoms with Crippen molar-refractivity contribution < 1.29 is 18.0 Å². The monoisotopic (exact) mass is 386 g/mol. The van der Waals surface area contributed by atoms with E-state index in [1.807, 2.05) is 6.07 Å². The molecule has 0 bridgehead atoms. The van der Waals surface area contributed by atoms with Crippen LogP contribution in [-0.2, 0) is 26.2 Å². The van der Waals surface area contributed by atoms with Crippen molar-refractivity contribution in [2.24, 2.45) is 10.2 Å². The van der Waals surface area contributed by atoms with Gasteiger partial charge in [0.2, 0.25) is 15.9 Å². The molecule has 3 N–H and O–H groups in total. The molecule has 1 heterocycles. The van der Waals surface area contributed by atoms with Crippen LogP contribution in [-0.4, -0.2) is 25.9 Å². The molecular formula is C18H18N4O4S. The predicted octanol–water partition coefficient (Wildman–Crippen LogP) is 1.13. The predicted molar refractivity (Wildman–Crippen MR) is 100 cm³/mol. The molecule has 0 radical (unpaired) electrons. The number of primary sulfonamides is 1. The fraction of sp³-hybridized carbons (Fsp3) is 0.167. The summed E-state index contributed by atoms with van der Waals surface area (Å²) in [4.78, 5) is 24.5. The number of nitrogens with one attached hydrogen (secondary N) is 1. The third-order valence-corrected chi connectivity index (χ3v) is 4.93. The molecule has 0 unspecified atom stereocenters. The van der Waals surface area contributed by atoms with Crippen molar-refractivity contribution in [1.29, 1.82) is 0 Å². The SMILES string of the molecule is NS(=O)(=O)c1ccc(CNC(=O)C2=NN(c3ccccc3)C(=O)CC2)cc1. The fourth-order valence-corrected chi connectivity index (χ4v) is 3.08. The number of hydrazone groups is 1. The largest absolute Gasteiger partial charge is 0.347 e. The average Bonchev–Trinajstić information content (AvgIpc) is 2.67. The molecule has 8 nitrogen and oxygen atoms in total. The van der Waals surface area contributed by atoms with E-state index in [1.165, 1.54) is 17.1 Å². The molecular weight excluding hydrogens is 368 g/mol. The Kier molecular flexibility index (Phi) is 5.33. The van der Waals surface area contributed by atoms with Gasteiger partial charge in [-0.2, -0.15) is 5.10 Å². The van der Waals surface area contributed by atoms with Gasteiger partial charge >= 0.3 is 0 Å². The number of hydrogen-bond donors (Lipinski definition) is 2. The highest BCUT2D eigenvalue weighted by atomic mass is 32.2. The summed E-state index contributed by atoms with van der Waals surface area (Å²) >= 11 is 0. The third kappa shape index (κ3) is 4.57. The summed E-state index contributed by atoms with van der Waals surface area (Å²) in [7, 11) is -3.75. The number of carbonyl (C=O) groups excluding carboxylic acids is 2. The van der Waals surface area contributed by atoms with Gasteiger partial charge in [0.1, 0.15) is 5.71 Å². The number of sulfonamides is 1. The van der Waals surface area contributed by atoms with Crippen LogP contribution in [0.3, 0.4) is 0 Å². The van der Waals surface area contributed by atoms with Crippen molar-refractivity contribution in [3.8, 4) is 0 Å². The Bertz CT molecular complexity index is 986. The molecule has 1 aliphatic rings. The highest BCUT2D eigenvalue weighted by Crippen LogP contribution is 2.19. The van der Waals surface area contributed by atoms with Crippen LogP contribution in [0.15, 0.2) is 64.6 Å². The molecule has 2 amide bonds. The number of anilines is 1. The normalized spacial score (nSPS) is 14.6. The Hall–Kier alpha value is -3.04. The van der Waals surface area contributed by atoms with Gasteiger partial charge in [0.15, 0.2) is 0 Å². The topological polar surface area (TPSA) is 122 Å². The molecule has 0 spiro atoms. The Balaban J connectivity index is 1.68. The van der Waals surface area contributed by atoms with Crippen molar-refractivity contribution in [1.82, 2.24) is 5.32 Å². The van der Waals surface area contributed by atoms with Gasteiger partial charge in [-0.05, 0) is 29.8 Å². The van der Waals surface area contributed by atoms with Crippen LogP contribution in [0.5, 0.6) is 0 Å². The van der Waals surface area contributed by atoms with Crippen LogP contribution in [0.2, 0.25) is 0 Å². The molecule has 0 saturated carbocycles. The number of hydrogen-bond acceptors (Lipinski definition) is 5. The van der Waals surface area contributed by atoms with Gasteiger partial charge in [-0.1, -0.05) is 30.3 Å². The lowest BCUT2D eigenvalue weighted by Crippen LogP contribution is -2.38. The van der Waals surface area contributed by atoms with E-state index in [1.54, 1.807) is 36.4 Å². The molecule has 0 atom stereocenters. The van der Waals surface area contributed by atoms with E-state index in [9.17, 15) is 18.0 Å². The number of carbonyl (C=O) groups is 2. The first-order valence-corrected chi connectivity index (χ1v) is 9.74. The Labute approximate surface area is 156 Å². The number of rotatable bonds is 5. The molecule has 0 aromatic heterocycles. The summed E-state index contributed by atoms with van der Waals surface area (Å²) < 4.78 is 22.5. The fourth-order valence-electron chi connectivity index (χ4n) is 2.57. The van der Waals surface area contributed by atoms with Crippen molar-refractivity contribution in [3.63, 3.8) is 0 Å². The number of para-hydroxylation sites is 1. The lowest BCUT2D eigenvalue weighted by molar-refractivity contribution is -0.119. The van der Waals surface area contributed by atoms with Crippen molar-refractivity contribution in [2.75, 3.05) is 5.01 Å². The van der Waals surface area contributed by atoms with E-state index >= 15 is 0 Å². The maximum Gasteiger partial charge on any atom is 0.267 e. The number of nitrogens with two attached hydrogens (primary N) is 1. The van der Waals surface area contributed by atoms with Crippen LogP contribution in [0.4, 0.5) is 5.69 Å². The second kappa shape index (κ2) is 7.68. The number of nitrogens with zero attached hydrogens (tertiary/aromatic N) is 2. The minimum atomic E-state index is -3.75. The minimum Gasteiger partial charge on any atom is -0.347 e. The van der Waals surface area contributed by atoms with Gasteiger partial charge in [0, 0.05) is 19.4 Å². The van der Waals surface area contributed by atoms with Gasteiger partial charge in [0.05, 0.1) is 10.6 Å². The van der Waals surface area contributed by atoms with Gasteiger partial charge in [-0.25, -0.2) is 18.6 Å². The van der Waals surface area contributed by atoms with Crippen LogP contribution in [0.25, 0.3) is 0 Å². The summed E-state index contributed by atoms with van der Waals surface area (Å²) in [6.45, 7) is 0.196. The highest BCUT2D eigenvalue weighted by molar-refractivity contribution is 7.89. The maximum absolute atomic E-state index is 12.4. The lowest BCUT2D eigenvalue weighted by atomic mass is 10.1. The summed E-state index contributed by atoms with van der Waals surface area (Å²) in [5, 5.41) is 13.2. The van der Waals surface area contributed by atoms with E-state index in [-0.39, 0.29) is 41.8 Å². The summed E-state index contributed by atoms with van der Waals surface area (Å²) in [5.74, 6) is -0.546. The molecule has 2 aromatic carbocycles. The van der Waals surface area contributed by atoms with Crippen LogP contribution < -0.4 is 15.5 Å². The smallest absolute Gasteiger partial charge is 0.267 e. The molecule has 1 aliphatic heterocycles. The Morgan fingerprint density at radius 1 is 1.07 bits per heavy atom. The van der Waals surface area contributed by atoms with Crippen LogP contribution in [0.1, 0.15) is 18.4 Å². The second-order valence-corrected chi connectivity index (χ2v) is 7.52. The highest BCUT2D eigenvalue weighted by Gasteiger charge is 2.25. The summed E-state index contributed by atoms with van der Waals surface area (Å²) in [6.07, 6.45) is 0.461. The third-order valence-electron chi connectivity index (χ3n) is 4.00. The minimum absolute atomic E-state index is 0.00578. The van der Waals surface area contributed by atoms with Crippen molar-refractivity contribution in [2.45, 2.75) is 24.3 Å². The molecule has 0 fully saturated rings. The number of amides is 2. The van der Waals surface area contributed by atoms with Gasteiger partial charge in [-0.15, -0.1) is 0 Å². The zero-order valence-electron chi connectivity index (χ0n) is 14.3. The van der Waals surface area contributed by atoms with E-state index < -0.39 is 10.0 Å². The molecule has 3 rings (SSSR count). The van der Waals surface area contributed by atoms with E-state index in [4.69, 9.17) is 5.14 Å². The average molecular weight is 386 g/mol. The van der Waals surface area contributed by atoms with E-state index in [2.05, 4.69) is 10.4 Å². The first kappa shape index (κ1) is 18.7. The Morgan fingerprint density at radius 2 is 1.74 bits per heavy atom. The zero-order valence-corrected chi connectivity index (χ0v) is 15.1. The first-order chi connectivity index (χ1) is 12.8. The first-order valence-electron chi connectivity index (χ1n) is 8.20. The molecule has 27 heavy (non-hydrogen) atoms. The van der Waals surface area contributed by atoms with Crippen molar-refractivity contribution >= 4 is 33.2 Å². The number of benzene rings is 2.